The maximum atomic E-state index is 9.78. The van der Waals surface area contributed by atoms with Gasteiger partial charge in [0, 0.05) is 19.6 Å². The Labute approximate surface area is 137 Å². The zero-order valence-corrected chi connectivity index (χ0v) is 15.5. The standard InChI is InChI=1S/C15H21Br2NO2/c1-14(2)8-18(9-15(3,4)20-14)7-10-5-11(16)13(19)12(17)6-10/h5-6,19H,7-9H2,1-4H3. The summed E-state index contributed by atoms with van der Waals surface area (Å²) < 4.78 is 7.53. The predicted octanol–water partition coefficient (Wildman–Crippen LogP) is 4.31. The average molecular weight is 407 g/mol. The number of halogens is 2. The van der Waals surface area contributed by atoms with Gasteiger partial charge in [0.15, 0.2) is 0 Å². The Balaban J connectivity index is 2.17. The molecule has 1 saturated heterocycles. The molecule has 0 radical (unpaired) electrons. The first-order valence-electron chi connectivity index (χ1n) is 6.67. The normalized spacial score (nSPS) is 21.9. The average Bonchev–Trinajstić information content (AvgIpc) is 2.21. The second-order valence-corrected chi connectivity index (χ2v) is 8.38. The van der Waals surface area contributed by atoms with Crippen LogP contribution in [0.5, 0.6) is 5.75 Å². The number of ether oxygens (including phenoxy) is 1. The number of rotatable bonds is 2. The highest BCUT2D eigenvalue weighted by atomic mass is 79.9. The third-order valence-corrected chi connectivity index (χ3v) is 4.45. The molecule has 0 aromatic heterocycles. The van der Waals surface area contributed by atoms with Gasteiger partial charge in [-0.05, 0) is 77.3 Å². The van der Waals surface area contributed by atoms with Crippen LogP contribution < -0.4 is 0 Å². The molecule has 0 bridgehead atoms. The topological polar surface area (TPSA) is 32.7 Å². The Kier molecular flexibility index (Phi) is 4.55. The summed E-state index contributed by atoms with van der Waals surface area (Å²) in [6.07, 6.45) is 0. The minimum absolute atomic E-state index is 0.146. The van der Waals surface area contributed by atoms with Crippen molar-refractivity contribution in [3.05, 3.63) is 26.6 Å². The summed E-state index contributed by atoms with van der Waals surface area (Å²) in [5.74, 6) is 0.247. The van der Waals surface area contributed by atoms with Crippen LogP contribution in [0.15, 0.2) is 21.1 Å². The van der Waals surface area contributed by atoms with E-state index < -0.39 is 0 Å². The largest absolute Gasteiger partial charge is 0.506 e. The number of phenolic OH excluding ortho intramolecular Hbond substituents is 1. The second-order valence-electron chi connectivity index (χ2n) is 6.67. The number of phenols is 1. The molecule has 20 heavy (non-hydrogen) atoms. The number of hydrogen-bond donors (Lipinski definition) is 1. The second kappa shape index (κ2) is 5.59. The SMILES string of the molecule is CC1(C)CN(Cc2cc(Br)c(O)c(Br)c2)CC(C)(C)O1. The van der Waals surface area contributed by atoms with Crippen LogP contribution in [0.3, 0.4) is 0 Å². The first-order chi connectivity index (χ1) is 9.08. The maximum Gasteiger partial charge on any atom is 0.143 e. The van der Waals surface area contributed by atoms with Crippen LogP contribution in [0.4, 0.5) is 0 Å². The van der Waals surface area contributed by atoms with Crippen molar-refractivity contribution >= 4 is 31.9 Å². The Bertz CT molecular complexity index is 476. The summed E-state index contributed by atoms with van der Waals surface area (Å²) in [5.41, 5.74) is 0.871. The van der Waals surface area contributed by atoms with Crippen LogP contribution in [0.25, 0.3) is 0 Å². The van der Waals surface area contributed by atoms with Gasteiger partial charge in [0.05, 0.1) is 20.1 Å². The van der Waals surface area contributed by atoms with Gasteiger partial charge in [0.2, 0.25) is 0 Å². The first-order valence-corrected chi connectivity index (χ1v) is 8.26. The third-order valence-electron chi connectivity index (χ3n) is 3.24. The molecular weight excluding hydrogens is 386 g/mol. The van der Waals surface area contributed by atoms with Crippen molar-refractivity contribution in [3.63, 3.8) is 0 Å². The Morgan fingerprint density at radius 1 is 1.10 bits per heavy atom. The number of aromatic hydroxyl groups is 1. The van der Waals surface area contributed by atoms with Gasteiger partial charge < -0.3 is 9.84 Å². The van der Waals surface area contributed by atoms with Crippen LogP contribution in [0.1, 0.15) is 33.3 Å². The smallest absolute Gasteiger partial charge is 0.143 e. The van der Waals surface area contributed by atoms with Gasteiger partial charge in [-0.1, -0.05) is 0 Å². The molecule has 0 atom stereocenters. The Hall–Kier alpha value is -0.100. The summed E-state index contributed by atoms with van der Waals surface area (Å²) in [6.45, 7) is 11.1. The van der Waals surface area contributed by atoms with E-state index in [2.05, 4.69) is 64.5 Å². The predicted molar refractivity (Wildman–Crippen MR) is 88.0 cm³/mol. The molecule has 0 aliphatic carbocycles. The number of nitrogens with zero attached hydrogens (tertiary/aromatic N) is 1. The van der Waals surface area contributed by atoms with E-state index in [-0.39, 0.29) is 17.0 Å². The van der Waals surface area contributed by atoms with E-state index in [4.69, 9.17) is 4.74 Å². The molecule has 0 saturated carbocycles. The molecule has 112 valence electrons. The van der Waals surface area contributed by atoms with Crippen molar-refractivity contribution in [2.45, 2.75) is 45.4 Å². The van der Waals surface area contributed by atoms with Crippen molar-refractivity contribution in [2.24, 2.45) is 0 Å². The van der Waals surface area contributed by atoms with E-state index in [1.165, 1.54) is 0 Å². The molecular formula is C15H21Br2NO2. The van der Waals surface area contributed by atoms with E-state index >= 15 is 0 Å². The lowest BCUT2D eigenvalue weighted by atomic mass is 9.98. The summed E-state index contributed by atoms with van der Waals surface area (Å²) in [7, 11) is 0. The molecule has 0 amide bonds. The fourth-order valence-corrected chi connectivity index (χ4v) is 4.31. The molecule has 3 nitrogen and oxygen atoms in total. The summed E-state index contributed by atoms with van der Waals surface area (Å²) in [4.78, 5) is 2.40. The van der Waals surface area contributed by atoms with Crippen LogP contribution in [0, 0.1) is 0 Å². The molecule has 1 aromatic carbocycles. The fourth-order valence-electron chi connectivity index (χ4n) is 3.02. The van der Waals surface area contributed by atoms with E-state index in [1.54, 1.807) is 0 Å². The van der Waals surface area contributed by atoms with Crippen molar-refractivity contribution in [1.82, 2.24) is 4.90 Å². The minimum atomic E-state index is -0.146. The number of hydrogen-bond acceptors (Lipinski definition) is 3. The number of morpholine rings is 1. The molecule has 1 N–H and O–H groups in total. The van der Waals surface area contributed by atoms with Crippen molar-refractivity contribution < 1.29 is 9.84 Å². The van der Waals surface area contributed by atoms with E-state index in [0.29, 0.717) is 8.95 Å². The maximum absolute atomic E-state index is 9.78. The highest BCUT2D eigenvalue weighted by molar-refractivity contribution is 9.11. The summed E-state index contributed by atoms with van der Waals surface area (Å²) >= 11 is 6.77. The zero-order chi connectivity index (χ0) is 15.1. The van der Waals surface area contributed by atoms with Crippen molar-refractivity contribution in [3.8, 4) is 5.75 Å². The van der Waals surface area contributed by atoms with Gasteiger partial charge >= 0.3 is 0 Å². The molecule has 0 unspecified atom stereocenters. The highest BCUT2D eigenvalue weighted by Gasteiger charge is 2.37. The molecule has 1 aliphatic rings. The molecule has 1 fully saturated rings. The molecule has 1 aliphatic heterocycles. The van der Waals surface area contributed by atoms with Crippen LogP contribution >= 0.6 is 31.9 Å². The van der Waals surface area contributed by atoms with Gasteiger partial charge in [-0.3, -0.25) is 4.90 Å². The van der Waals surface area contributed by atoms with Crippen LogP contribution in [0.2, 0.25) is 0 Å². The number of benzene rings is 1. The van der Waals surface area contributed by atoms with Crippen LogP contribution in [-0.4, -0.2) is 34.3 Å². The van der Waals surface area contributed by atoms with E-state index in [1.807, 2.05) is 12.1 Å². The van der Waals surface area contributed by atoms with Gasteiger partial charge in [-0.25, -0.2) is 0 Å². The Morgan fingerprint density at radius 3 is 2.00 bits per heavy atom. The quantitative estimate of drug-likeness (QED) is 0.794. The van der Waals surface area contributed by atoms with Gasteiger partial charge in [-0.2, -0.15) is 0 Å². The van der Waals surface area contributed by atoms with Crippen LogP contribution in [-0.2, 0) is 11.3 Å². The molecule has 0 spiro atoms. The lowest BCUT2D eigenvalue weighted by Crippen LogP contribution is -2.56. The molecule has 5 heteroatoms. The monoisotopic (exact) mass is 405 g/mol. The van der Waals surface area contributed by atoms with Crippen molar-refractivity contribution in [2.75, 3.05) is 13.1 Å². The molecule has 1 heterocycles. The molecule has 1 aromatic rings. The van der Waals surface area contributed by atoms with E-state index in [9.17, 15) is 5.11 Å². The lowest BCUT2D eigenvalue weighted by molar-refractivity contribution is -0.182. The lowest BCUT2D eigenvalue weighted by Gasteiger charge is -2.47. The molecule has 2 rings (SSSR count). The van der Waals surface area contributed by atoms with E-state index in [0.717, 1.165) is 25.2 Å². The zero-order valence-electron chi connectivity index (χ0n) is 12.3. The minimum Gasteiger partial charge on any atom is -0.506 e. The third kappa shape index (κ3) is 3.97. The highest BCUT2D eigenvalue weighted by Crippen LogP contribution is 2.35. The van der Waals surface area contributed by atoms with Crippen molar-refractivity contribution in [1.29, 1.82) is 0 Å². The van der Waals surface area contributed by atoms with Gasteiger partial charge in [0.25, 0.3) is 0 Å². The Morgan fingerprint density at radius 2 is 1.55 bits per heavy atom. The van der Waals surface area contributed by atoms with Gasteiger partial charge in [-0.15, -0.1) is 0 Å². The van der Waals surface area contributed by atoms with Gasteiger partial charge in [0.1, 0.15) is 5.75 Å². The fraction of sp³-hybridized carbons (Fsp3) is 0.600. The summed E-state index contributed by atoms with van der Waals surface area (Å²) in [6, 6.07) is 3.94. The summed E-state index contributed by atoms with van der Waals surface area (Å²) in [5, 5.41) is 9.78. The first kappa shape index (κ1) is 16.3.